The minimum Gasteiger partial charge on any atom is -0.278 e. The standard InChI is InChI=1S/C14H22F2O/c1-2-3-4-5-6-7-8-9-10-11-12-13(17)14(15)16/h14H,2-10H2,1H3. The molecule has 0 fully saturated rings. The van der Waals surface area contributed by atoms with E-state index >= 15 is 0 Å². The number of carbonyl (C=O) groups is 1. The van der Waals surface area contributed by atoms with Crippen LogP contribution >= 0.6 is 0 Å². The van der Waals surface area contributed by atoms with Gasteiger partial charge in [0.1, 0.15) is 0 Å². The van der Waals surface area contributed by atoms with Gasteiger partial charge in [-0.25, -0.2) is 8.78 Å². The van der Waals surface area contributed by atoms with E-state index in [2.05, 4.69) is 12.8 Å². The first-order valence-corrected chi connectivity index (χ1v) is 6.49. The number of hydrogen-bond acceptors (Lipinski definition) is 1. The van der Waals surface area contributed by atoms with Crippen molar-refractivity contribution in [2.24, 2.45) is 0 Å². The van der Waals surface area contributed by atoms with Crippen LogP contribution in [-0.4, -0.2) is 12.2 Å². The van der Waals surface area contributed by atoms with Gasteiger partial charge >= 0.3 is 6.43 Å². The van der Waals surface area contributed by atoms with Crippen molar-refractivity contribution in [3.8, 4) is 11.8 Å². The van der Waals surface area contributed by atoms with Crippen LogP contribution in [0.4, 0.5) is 8.78 Å². The molecule has 0 saturated heterocycles. The minimum absolute atomic E-state index is 0.549. The van der Waals surface area contributed by atoms with Crippen LogP contribution in [0.5, 0.6) is 0 Å². The number of unbranched alkanes of at least 4 members (excludes halogenated alkanes) is 8. The molecule has 0 aromatic rings. The number of halogens is 2. The molecule has 0 atom stereocenters. The third-order valence-corrected chi connectivity index (χ3v) is 2.57. The highest BCUT2D eigenvalue weighted by Crippen LogP contribution is 2.09. The van der Waals surface area contributed by atoms with Crippen LogP contribution in [0.1, 0.15) is 64.7 Å². The normalized spacial score (nSPS) is 10.1. The third-order valence-electron chi connectivity index (χ3n) is 2.57. The summed E-state index contributed by atoms with van der Waals surface area (Å²) in [7, 11) is 0. The molecule has 0 heterocycles. The zero-order valence-electron chi connectivity index (χ0n) is 10.6. The van der Waals surface area contributed by atoms with Crippen molar-refractivity contribution in [3.63, 3.8) is 0 Å². The van der Waals surface area contributed by atoms with Crippen LogP contribution in [0.3, 0.4) is 0 Å². The van der Waals surface area contributed by atoms with Gasteiger partial charge in [-0.15, -0.1) is 0 Å². The van der Waals surface area contributed by atoms with E-state index in [-0.39, 0.29) is 0 Å². The first-order valence-electron chi connectivity index (χ1n) is 6.49. The summed E-state index contributed by atoms with van der Waals surface area (Å²) in [6.45, 7) is 2.19. The highest BCUT2D eigenvalue weighted by Gasteiger charge is 2.10. The summed E-state index contributed by atoms with van der Waals surface area (Å²) >= 11 is 0. The molecular formula is C14H22F2O. The highest BCUT2D eigenvalue weighted by molar-refractivity contribution is 5.97. The molecule has 0 rings (SSSR count). The zero-order chi connectivity index (χ0) is 12.9. The number of Topliss-reactive ketones (excluding diaryl/α,β-unsaturated/α-hetero) is 1. The fourth-order valence-corrected chi connectivity index (χ4v) is 1.55. The van der Waals surface area contributed by atoms with Crippen LogP contribution < -0.4 is 0 Å². The third kappa shape index (κ3) is 11.4. The fraction of sp³-hybridized carbons (Fsp3) is 0.786. The van der Waals surface area contributed by atoms with Crippen LogP contribution in [0.15, 0.2) is 0 Å². The summed E-state index contributed by atoms with van der Waals surface area (Å²) in [5.41, 5.74) is 0. The molecule has 0 radical (unpaired) electrons. The van der Waals surface area contributed by atoms with Gasteiger partial charge in [-0.3, -0.25) is 4.79 Å². The molecule has 3 heteroatoms. The van der Waals surface area contributed by atoms with E-state index in [9.17, 15) is 13.6 Å². The van der Waals surface area contributed by atoms with Crippen molar-refractivity contribution in [1.82, 2.24) is 0 Å². The Bertz CT molecular complexity index is 251. The first kappa shape index (κ1) is 16.1. The molecule has 1 nitrogen and oxygen atoms in total. The van der Waals surface area contributed by atoms with Crippen molar-refractivity contribution in [3.05, 3.63) is 0 Å². The fourth-order valence-electron chi connectivity index (χ4n) is 1.55. The maximum atomic E-state index is 11.8. The van der Waals surface area contributed by atoms with Crippen molar-refractivity contribution < 1.29 is 13.6 Å². The van der Waals surface area contributed by atoms with Gasteiger partial charge in [0.25, 0.3) is 5.78 Å². The summed E-state index contributed by atoms with van der Waals surface area (Å²) < 4.78 is 23.5. The minimum atomic E-state index is -2.94. The van der Waals surface area contributed by atoms with Gasteiger partial charge in [0.15, 0.2) is 0 Å². The van der Waals surface area contributed by atoms with E-state index in [1.807, 2.05) is 5.92 Å². The number of carbonyl (C=O) groups excluding carboxylic acids is 1. The Labute approximate surface area is 103 Å². The molecule has 0 saturated carbocycles. The lowest BCUT2D eigenvalue weighted by Gasteiger charge is -1.99. The molecule has 17 heavy (non-hydrogen) atoms. The van der Waals surface area contributed by atoms with Gasteiger partial charge in [-0.1, -0.05) is 57.8 Å². The molecule has 98 valence electrons. The largest absolute Gasteiger partial charge is 0.308 e. The van der Waals surface area contributed by atoms with Crippen molar-refractivity contribution in [2.75, 3.05) is 0 Å². The Morgan fingerprint density at radius 2 is 1.53 bits per heavy atom. The second-order valence-electron chi connectivity index (χ2n) is 4.19. The second kappa shape index (κ2) is 11.6. The summed E-state index contributed by atoms with van der Waals surface area (Å²) in [6.07, 6.45) is 7.14. The molecule has 0 N–H and O–H groups in total. The maximum Gasteiger partial charge on any atom is 0.308 e. The van der Waals surface area contributed by atoms with E-state index in [0.717, 1.165) is 12.8 Å². The lowest BCUT2D eigenvalue weighted by molar-refractivity contribution is -0.123. The van der Waals surface area contributed by atoms with Gasteiger partial charge < -0.3 is 0 Å². The average molecular weight is 244 g/mol. The second-order valence-corrected chi connectivity index (χ2v) is 4.19. The van der Waals surface area contributed by atoms with Crippen LogP contribution in [0.2, 0.25) is 0 Å². The zero-order valence-corrected chi connectivity index (χ0v) is 10.6. The lowest BCUT2D eigenvalue weighted by atomic mass is 10.1. The predicted octanol–water partition coefficient (Wildman–Crippen LogP) is 4.35. The van der Waals surface area contributed by atoms with E-state index in [1.165, 1.54) is 38.5 Å². The highest BCUT2D eigenvalue weighted by atomic mass is 19.3. The van der Waals surface area contributed by atoms with E-state index in [0.29, 0.717) is 6.42 Å². The molecule has 0 aliphatic carbocycles. The monoisotopic (exact) mass is 244 g/mol. The molecule has 0 unspecified atom stereocenters. The molecule has 0 aliphatic heterocycles. The van der Waals surface area contributed by atoms with Crippen molar-refractivity contribution in [2.45, 2.75) is 71.1 Å². The SMILES string of the molecule is CCCCCCCCCCC#CC(=O)C(F)F. The predicted molar refractivity (Wildman–Crippen MR) is 66.0 cm³/mol. The number of hydrogen-bond donors (Lipinski definition) is 0. The molecule has 0 aliphatic rings. The first-order chi connectivity index (χ1) is 8.18. The smallest absolute Gasteiger partial charge is 0.278 e. The molecule has 0 spiro atoms. The quantitative estimate of drug-likeness (QED) is 0.335. The Morgan fingerprint density at radius 1 is 1.00 bits per heavy atom. The van der Waals surface area contributed by atoms with Gasteiger partial charge in [0.05, 0.1) is 0 Å². The Morgan fingerprint density at radius 3 is 2.06 bits per heavy atom. The van der Waals surface area contributed by atoms with E-state index in [4.69, 9.17) is 0 Å². The van der Waals surface area contributed by atoms with Crippen LogP contribution in [-0.2, 0) is 4.79 Å². The molecule has 0 amide bonds. The summed E-state index contributed by atoms with van der Waals surface area (Å²) in [5.74, 6) is 3.20. The van der Waals surface area contributed by atoms with Crippen LogP contribution in [0.25, 0.3) is 0 Å². The maximum absolute atomic E-state index is 11.8. The number of alkyl halides is 2. The summed E-state index contributed by atoms with van der Waals surface area (Å²) in [5, 5.41) is 0. The summed E-state index contributed by atoms with van der Waals surface area (Å²) in [4.78, 5) is 10.5. The van der Waals surface area contributed by atoms with Crippen molar-refractivity contribution in [1.29, 1.82) is 0 Å². The van der Waals surface area contributed by atoms with Gasteiger partial charge in [0.2, 0.25) is 0 Å². The van der Waals surface area contributed by atoms with Gasteiger partial charge in [-0.2, -0.15) is 0 Å². The summed E-state index contributed by atoms with van der Waals surface area (Å²) in [6, 6.07) is 0. The Balaban J connectivity index is 3.26. The Hall–Kier alpha value is -0.910. The number of rotatable bonds is 9. The van der Waals surface area contributed by atoms with E-state index in [1.54, 1.807) is 0 Å². The van der Waals surface area contributed by atoms with E-state index < -0.39 is 12.2 Å². The Kier molecular flexibility index (Phi) is 11.0. The number of ketones is 1. The average Bonchev–Trinajstić information content (AvgIpc) is 2.31. The molecule has 0 aromatic carbocycles. The molecular weight excluding hydrogens is 222 g/mol. The molecule has 0 aromatic heterocycles. The van der Waals surface area contributed by atoms with Gasteiger partial charge in [-0.05, 0) is 12.3 Å². The van der Waals surface area contributed by atoms with Crippen molar-refractivity contribution >= 4 is 5.78 Å². The van der Waals surface area contributed by atoms with Crippen LogP contribution in [0, 0.1) is 11.8 Å². The lowest BCUT2D eigenvalue weighted by Crippen LogP contribution is -2.05. The van der Waals surface area contributed by atoms with Gasteiger partial charge in [0, 0.05) is 6.42 Å². The topological polar surface area (TPSA) is 17.1 Å². The molecule has 0 bridgehead atoms.